The second-order valence-corrected chi connectivity index (χ2v) is 4.86. The Balaban J connectivity index is 1.78. The minimum absolute atomic E-state index is 0.0388. The molecule has 3 rings (SSSR count). The van der Waals surface area contributed by atoms with E-state index in [-0.39, 0.29) is 23.4 Å². The van der Waals surface area contributed by atoms with Gasteiger partial charge in [0, 0.05) is 0 Å². The Morgan fingerprint density at radius 3 is 2.52 bits per heavy atom. The molecule has 2 aromatic carbocycles. The van der Waals surface area contributed by atoms with Crippen molar-refractivity contribution in [2.24, 2.45) is 5.10 Å². The summed E-state index contributed by atoms with van der Waals surface area (Å²) in [5.41, 5.74) is 1.65. The Kier molecular flexibility index (Phi) is 3.31. The standard InChI is InChI=1S/C16H14N2O3/c19-14-7-6-11(8-15(14)20)10-17-18-13(9-16(18)21)12-4-2-1-3-5-12/h1-8,10,13,19-20H,9H2/b17-10-/t13-/m1/s1. The highest BCUT2D eigenvalue weighted by Gasteiger charge is 2.37. The SMILES string of the molecule is O=C1C[C@H](c2ccccc2)N1/N=C\c1ccc(O)c(O)c1. The summed E-state index contributed by atoms with van der Waals surface area (Å²) >= 11 is 0. The van der Waals surface area contributed by atoms with E-state index < -0.39 is 0 Å². The molecule has 0 radical (unpaired) electrons. The van der Waals surface area contributed by atoms with Crippen LogP contribution in [0.1, 0.15) is 23.6 Å². The molecule has 2 aromatic rings. The van der Waals surface area contributed by atoms with Crippen LogP contribution in [0.25, 0.3) is 0 Å². The summed E-state index contributed by atoms with van der Waals surface area (Å²) in [6, 6.07) is 14.1. The van der Waals surface area contributed by atoms with Crippen LogP contribution in [0, 0.1) is 0 Å². The van der Waals surface area contributed by atoms with Gasteiger partial charge in [-0.05, 0) is 29.3 Å². The second-order valence-electron chi connectivity index (χ2n) is 4.86. The van der Waals surface area contributed by atoms with Crippen LogP contribution in [-0.4, -0.2) is 27.3 Å². The number of amides is 1. The van der Waals surface area contributed by atoms with Crippen molar-refractivity contribution in [3.05, 3.63) is 59.7 Å². The van der Waals surface area contributed by atoms with Gasteiger partial charge in [-0.3, -0.25) is 4.79 Å². The predicted octanol–water partition coefficient (Wildman–Crippen LogP) is 2.41. The Labute approximate surface area is 121 Å². The largest absolute Gasteiger partial charge is 0.504 e. The van der Waals surface area contributed by atoms with E-state index in [0.717, 1.165) is 5.56 Å². The molecule has 1 aliphatic rings. The molecule has 0 spiro atoms. The maximum absolute atomic E-state index is 11.7. The molecule has 1 amide bonds. The van der Waals surface area contributed by atoms with Crippen LogP contribution in [0.2, 0.25) is 0 Å². The first kappa shape index (κ1) is 13.2. The molecular weight excluding hydrogens is 268 g/mol. The molecule has 2 N–H and O–H groups in total. The van der Waals surface area contributed by atoms with Crippen LogP contribution in [0.15, 0.2) is 53.6 Å². The Morgan fingerprint density at radius 2 is 1.86 bits per heavy atom. The van der Waals surface area contributed by atoms with Crippen molar-refractivity contribution in [1.29, 1.82) is 0 Å². The molecule has 5 nitrogen and oxygen atoms in total. The van der Waals surface area contributed by atoms with Gasteiger partial charge >= 0.3 is 0 Å². The van der Waals surface area contributed by atoms with Gasteiger partial charge in [-0.2, -0.15) is 5.10 Å². The van der Waals surface area contributed by atoms with Gasteiger partial charge in [-0.1, -0.05) is 30.3 Å². The fourth-order valence-corrected chi connectivity index (χ4v) is 2.24. The molecule has 1 heterocycles. The third-order valence-corrected chi connectivity index (χ3v) is 3.43. The van der Waals surface area contributed by atoms with Gasteiger partial charge in [0.15, 0.2) is 11.5 Å². The summed E-state index contributed by atoms with van der Waals surface area (Å²) in [6.07, 6.45) is 1.94. The number of β-lactam (4-membered cyclic amide) rings is 1. The van der Waals surface area contributed by atoms with Crippen LogP contribution >= 0.6 is 0 Å². The van der Waals surface area contributed by atoms with Crippen LogP contribution in [0.4, 0.5) is 0 Å². The Hall–Kier alpha value is -2.82. The number of aromatic hydroxyl groups is 2. The summed E-state index contributed by atoms with van der Waals surface area (Å²) in [5.74, 6) is -0.439. The third kappa shape index (κ3) is 2.58. The maximum Gasteiger partial charge on any atom is 0.245 e. The van der Waals surface area contributed by atoms with Crippen molar-refractivity contribution in [3.63, 3.8) is 0 Å². The summed E-state index contributed by atoms with van der Waals surface area (Å²) in [6.45, 7) is 0. The summed E-state index contributed by atoms with van der Waals surface area (Å²) in [4.78, 5) is 11.7. The predicted molar refractivity (Wildman–Crippen MR) is 78.0 cm³/mol. The number of carbonyl (C=O) groups excluding carboxylic acids is 1. The molecule has 0 saturated carbocycles. The van der Waals surface area contributed by atoms with Crippen molar-refractivity contribution in [3.8, 4) is 11.5 Å². The number of hydrazone groups is 1. The quantitative estimate of drug-likeness (QED) is 0.516. The van der Waals surface area contributed by atoms with Crippen LogP contribution in [0.5, 0.6) is 11.5 Å². The van der Waals surface area contributed by atoms with Gasteiger partial charge in [0.05, 0.1) is 18.7 Å². The number of phenols is 2. The van der Waals surface area contributed by atoms with E-state index in [1.165, 1.54) is 23.4 Å². The Bertz CT molecular complexity index is 698. The number of carbonyl (C=O) groups is 1. The molecule has 1 fully saturated rings. The normalized spacial score (nSPS) is 18.0. The average Bonchev–Trinajstić information content (AvgIpc) is 2.49. The van der Waals surface area contributed by atoms with Gasteiger partial charge < -0.3 is 10.2 Å². The maximum atomic E-state index is 11.7. The fraction of sp³-hybridized carbons (Fsp3) is 0.125. The van der Waals surface area contributed by atoms with Crippen molar-refractivity contribution in [2.75, 3.05) is 0 Å². The first-order valence-electron chi connectivity index (χ1n) is 6.58. The zero-order chi connectivity index (χ0) is 14.8. The van der Waals surface area contributed by atoms with Gasteiger partial charge in [0.2, 0.25) is 5.91 Å². The van der Waals surface area contributed by atoms with Gasteiger partial charge in [0.25, 0.3) is 0 Å². The number of hydrogen-bond acceptors (Lipinski definition) is 4. The first-order chi connectivity index (χ1) is 10.1. The van der Waals surface area contributed by atoms with E-state index in [1.54, 1.807) is 6.07 Å². The fourth-order valence-electron chi connectivity index (χ4n) is 2.24. The molecule has 106 valence electrons. The topological polar surface area (TPSA) is 73.1 Å². The van der Waals surface area contributed by atoms with Crippen LogP contribution in [-0.2, 0) is 4.79 Å². The Morgan fingerprint density at radius 1 is 1.10 bits per heavy atom. The summed E-state index contributed by atoms with van der Waals surface area (Å²) < 4.78 is 0. The second kappa shape index (κ2) is 5.28. The summed E-state index contributed by atoms with van der Waals surface area (Å²) in [5, 5.41) is 24.3. The number of rotatable bonds is 3. The van der Waals surface area contributed by atoms with Crippen LogP contribution < -0.4 is 0 Å². The molecule has 0 aromatic heterocycles. The van der Waals surface area contributed by atoms with Gasteiger partial charge in [-0.15, -0.1) is 0 Å². The van der Waals surface area contributed by atoms with E-state index in [4.69, 9.17) is 0 Å². The van der Waals surface area contributed by atoms with E-state index >= 15 is 0 Å². The van der Waals surface area contributed by atoms with E-state index in [2.05, 4.69) is 5.10 Å². The minimum Gasteiger partial charge on any atom is -0.504 e. The van der Waals surface area contributed by atoms with E-state index in [1.807, 2.05) is 30.3 Å². The zero-order valence-corrected chi connectivity index (χ0v) is 11.2. The first-order valence-corrected chi connectivity index (χ1v) is 6.58. The molecule has 21 heavy (non-hydrogen) atoms. The lowest BCUT2D eigenvalue weighted by Gasteiger charge is -2.36. The van der Waals surface area contributed by atoms with Crippen LogP contribution in [0.3, 0.4) is 0 Å². The molecule has 0 bridgehead atoms. The van der Waals surface area contributed by atoms with Crippen molar-refractivity contribution < 1.29 is 15.0 Å². The number of hydrogen-bond donors (Lipinski definition) is 2. The molecule has 1 atom stereocenters. The highest BCUT2D eigenvalue weighted by atomic mass is 16.3. The summed E-state index contributed by atoms with van der Waals surface area (Å²) in [7, 11) is 0. The molecule has 0 unspecified atom stereocenters. The lowest BCUT2D eigenvalue weighted by atomic mass is 9.96. The van der Waals surface area contributed by atoms with Crippen molar-refractivity contribution in [1.82, 2.24) is 5.01 Å². The molecule has 0 aliphatic carbocycles. The molecular formula is C16H14N2O3. The lowest BCUT2D eigenvalue weighted by Crippen LogP contribution is -2.42. The molecule has 5 heteroatoms. The highest BCUT2D eigenvalue weighted by molar-refractivity contribution is 5.86. The zero-order valence-electron chi connectivity index (χ0n) is 11.2. The number of nitrogens with zero attached hydrogens (tertiary/aromatic N) is 2. The van der Waals surface area contributed by atoms with E-state index in [9.17, 15) is 15.0 Å². The van der Waals surface area contributed by atoms with Gasteiger partial charge in [-0.25, -0.2) is 5.01 Å². The van der Waals surface area contributed by atoms with Gasteiger partial charge in [0.1, 0.15) is 0 Å². The molecule has 1 aliphatic heterocycles. The monoisotopic (exact) mass is 282 g/mol. The average molecular weight is 282 g/mol. The lowest BCUT2D eigenvalue weighted by molar-refractivity contribution is -0.146. The van der Waals surface area contributed by atoms with Crippen molar-refractivity contribution >= 4 is 12.1 Å². The number of phenolic OH excluding ortho intramolecular Hbond substituents is 2. The van der Waals surface area contributed by atoms with Crippen molar-refractivity contribution in [2.45, 2.75) is 12.5 Å². The number of benzene rings is 2. The smallest absolute Gasteiger partial charge is 0.245 e. The molecule has 1 saturated heterocycles. The highest BCUT2D eigenvalue weighted by Crippen LogP contribution is 2.34. The minimum atomic E-state index is -0.214. The van der Waals surface area contributed by atoms with E-state index in [0.29, 0.717) is 12.0 Å². The third-order valence-electron chi connectivity index (χ3n) is 3.43.